The molecule has 25 heavy (non-hydrogen) atoms. The highest BCUT2D eigenvalue weighted by molar-refractivity contribution is 14.0. The maximum atomic E-state index is 5.74. The molecule has 1 saturated heterocycles. The number of methoxy groups -OCH3 is 1. The van der Waals surface area contributed by atoms with E-state index in [-0.39, 0.29) is 30.1 Å². The van der Waals surface area contributed by atoms with Gasteiger partial charge in [-0.3, -0.25) is 4.99 Å². The van der Waals surface area contributed by atoms with Gasteiger partial charge in [0.15, 0.2) is 5.96 Å². The molecule has 1 unspecified atom stereocenters. The number of ether oxygens (including phenoxy) is 4. The minimum absolute atomic E-state index is 0. The zero-order valence-electron chi connectivity index (χ0n) is 15.8. The first-order valence-electron chi connectivity index (χ1n) is 9.15. The van der Waals surface area contributed by atoms with Crippen LogP contribution in [0.2, 0.25) is 0 Å². The molecule has 0 aromatic heterocycles. The molecule has 0 radical (unpaired) electrons. The molecule has 2 N–H and O–H groups in total. The monoisotopic (exact) mass is 473 g/mol. The number of hydrogen-bond acceptors (Lipinski definition) is 5. The average Bonchev–Trinajstić information content (AvgIpc) is 3.10. The quantitative estimate of drug-likeness (QED) is 0.174. The van der Waals surface area contributed by atoms with E-state index in [1.165, 1.54) is 0 Å². The van der Waals surface area contributed by atoms with Gasteiger partial charge in [-0.05, 0) is 32.6 Å². The summed E-state index contributed by atoms with van der Waals surface area (Å²) in [4.78, 5) is 4.57. The third-order valence-electron chi connectivity index (χ3n) is 3.60. The van der Waals surface area contributed by atoms with Gasteiger partial charge in [0.25, 0.3) is 0 Å². The van der Waals surface area contributed by atoms with Gasteiger partial charge in [0.2, 0.25) is 0 Å². The summed E-state index contributed by atoms with van der Waals surface area (Å²) in [5.41, 5.74) is 0. The number of nitrogens with one attached hydrogen (secondary N) is 2. The Morgan fingerprint density at radius 2 is 2.00 bits per heavy atom. The van der Waals surface area contributed by atoms with Crippen molar-refractivity contribution >= 4 is 29.9 Å². The molecular weight excluding hydrogens is 437 g/mol. The second-order valence-electron chi connectivity index (χ2n) is 5.71. The van der Waals surface area contributed by atoms with Crippen LogP contribution < -0.4 is 10.6 Å². The summed E-state index contributed by atoms with van der Waals surface area (Å²) in [6.45, 7) is 9.02. The zero-order chi connectivity index (χ0) is 17.3. The van der Waals surface area contributed by atoms with Crippen molar-refractivity contribution < 1.29 is 18.9 Å². The molecule has 1 aliphatic heterocycles. The number of unbranched alkanes of at least 4 members (excludes halogenated alkanes) is 1. The summed E-state index contributed by atoms with van der Waals surface area (Å²) in [5, 5.41) is 6.62. The maximum absolute atomic E-state index is 5.74. The van der Waals surface area contributed by atoms with Crippen LogP contribution in [0.5, 0.6) is 0 Å². The van der Waals surface area contributed by atoms with Crippen LogP contribution in [-0.2, 0) is 18.9 Å². The van der Waals surface area contributed by atoms with E-state index in [0.29, 0.717) is 13.2 Å². The Balaban J connectivity index is 0.00000576. The van der Waals surface area contributed by atoms with E-state index < -0.39 is 0 Å². The van der Waals surface area contributed by atoms with E-state index in [2.05, 4.69) is 22.5 Å². The number of nitrogens with zero attached hydrogens (tertiary/aromatic N) is 1. The average molecular weight is 473 g/mol. The van der Waals surface area contributed by atoms with Gasteiger partial charge >= 0.3 is 0 Å². The molecule has 0 saturated carbocycles. The van der Waals surface area contributed by atoms with E-state index in [1.54, 1.807) is 7.11 Å². The minimum atomic E-state index is 0. The van der Waals surface area contributed by atoms with Crippen LogP contribution in [0.25, 0.3) is 0 Å². The molecule has 0 amide bonds. The SMILES string of the molecule is CCNC(=NCCCOC1CCOC1)NCCCCOCCOC.I. The molecule has 0 bridgehead atoms. The van der Waals surface area contributed by atoms with Gasteiger partial charge in [0.1, 0.15) is 0 Å². The van der Waals surface area contributed by atoms with Crippen LogP contribution >= 0.6 is 24.0 Å². The Kier molecular flexibility index (Phi) is 18.5. The van der Waals surface area contributed by atoms with E-state index in [9.17, 15) is 0 Å². The molecule has 1 rings (SSSR count). The lowest BCUT2D eigenvalue weighted by Gasteiger charge is -2.12. The second kappa shape index (κ2) is 18.6. The Morgan fingerprint density at radius 3 is 2.72 bits per heavy atom. The van der Waals surface area contributed by atoms with E-state index in [4.69, 9.17) is 18.9 Å². The Labute approximate surface area is 169 Å². The van der Waals surface area contributed by atoms with Crippen molar-refractivity contribution in [2.75, 3.05) is 66.4 Å². The fraction of sp³-hybridized carbons (Fsp3) is 0.941. The number of aliphatic imine (C=N–C) groups is 1. The highest BCUT2D eigenvalue weighted by Crippen LogP contribution is 2.08. The molecule has 1 atom stereocenters. The van der Waals surface area contributed by atoms with Crippen molar-refractivity contribution in [3.05, 3.63) is 0 Å². The topological polar surface area (TPSA) is 73.3 Å². The molecule has 0 aliphatic carbocycles. The van der Waals surface area contributed by atoms with Gasteiger partial charge < -0.3 is 29.6 Å². The first-order valence-corrected chi connectivity index (χ1v) is 9.15. The second-order valence-corrected chi connectivity index (χ2v) is 5.71. The van der Waals surface area contributed by atoms with Crippen LogP contribution in [0.1, 0.15) is 32.6 Å². The molecule has 8 heteroatoms. The van der Waals surface area contributed by atoms with Crippen LogP contribution in [-0.4, -0.2) is 78.4 Å². The number of hydrogen-bond donors (Lipinski definition) is 2. The lowest BCUT2D eigenvalue weighted by molar-refractivity contribution is 0.0424. The molecule has 7 nitrogen and oxygen atoms in total. The Morgan fingerprint density at radius 1 is 1.12 bits per heavy atom. The summed E-state index contributed by atoms with van der Waals surface area (Å²) >= 11 is 0. The van der Waals surface area contributed by atoms with Gasteiger partial charge in [-0.1, -0.05) is 0 Å². The first kappa shape index (κ1) is 24.8. The zero-order valence-corrected chi connectivity index (χ0v) is 18.1. The standard InChI is InChI=1S/C17H35N3O4.HI/c1-3-18-17(19-8-4-5-10-22-14-13-21-2)20-9-6-11-24-16-7-12-23-15-16;/h16H,3-15H2,1-2H3,(H2,18,19,20);1H. The fourth-order valence-electron chi connectivity index (χ4n) is 2.27. The summed E-state index contributed by atoms with van der Waals surface area (Å²) in [6, 6.07) is 0. The molecule has 1 aliphatic rings. The summed E-state index contributed by atoms with van der Waals surface area (Å²) in [7, 11) is 1.68. The minimum Gasteiger partial charge on any atom is -0.382 e. The van der Waals surface area contributed by atoms with Crippen LogP contribution in [0.15, 0.2) is 4.99 Å². The van der Waals surface area contributed by atoms with Crippen LogP contribution in [0.4, 0.5) is 0 Å². The van der Waals surface area contributed by atoms with Gasteiger partial charge in [-0.2, -0.15) is 0 Å². The van der Waals surface area contributed by atoms with E-state index >= 15 is 0 Å². The fourth-order valence-corrected chi connectivity index (χ4v) is 2.27. The number of halogens is 1. The van der Waals surface area contributed by atoms with Crippen molar-refractivity contribution in [1.29, 1.82) is 0 Å². The van der Waals surface area contributed by atoms with Crippen molar-refractivity contribution in [1.82, 2.24) is 10.6 Å². The highest BCUT2D eigenvalue weighted by Gasteiger charge is 2.15. The highest BCUT2D eigenvalue weighted by atomic mass is 127. The molecule has 0 aromatic carbocycles. The third-order valence-corrected chi connectivity index (χ3v) is 3.60. The Hall–Kier alpha value is -0.160. The van der Waals surface area contributed by atoms with Crippen molar-refractivity contribution in [2.45, 2.75) is 38.7 Å². The van der Waals surface area contributed by atoms with Crippen LogP contribution in [0, 0.1) is 0 Å². The predicted octanol–water partition coefficient (Wildman–Crippen LogP) is 1.80. The van der Waals surface area contributed by atoms with Crippen LogP contribution in [0.3, 0.4) is 0 Å². The normalized spacial score (nSPS) is 17.4. The largest absolute Gasteiger partial charge is 0.382 e. The van der Waals surface area contributed by atoms with Gasteiger partial charge in [-0.25, -0.2) is 0 Å². The molecule has 0 aromatic rings. The van der Waals surface area contributed by atoms with Crippen molar-refractivity contribution in [3.8, 4) is 0 Å². The van der Waals surface area contributed by atoms with Gasteiger partial charge in [0, 0.05) is 46.6 Å². The lowest BCUT2D eigenvalue weighted by atomic mass is 10.3. The Bertz CT molecular complexity index is 316. The van der Waals surface area contributed by atoms with Crippen molar-refractivity contribution in [3.63, 3.8) is 0 Å². The van der Waals surface area contributed by atoms with Gasteiger partial charge in [0.05, 0.1) is 25.9 Å². The maximum Gasteiger partial charge on any atom is 0.191 e. The molecule has 150 valence electrons. The molecule has 1 fully saturated rings. The summed E-state index contributed by atoms with van der Waals surface area (Å²) in [6.07, 6.45) is 4.32. The van der Waals surface area contributed by atoms with Gasteiger partial charge in [-0.15, -0.1) is 24.0 Å². The summed E-state index contributed by atoms with van der Waals surface area (Å²) < 4.78 is 21.4. The number of guanidine groups is 1. The number of rotatable bonds is 14. The first-order chi connectivity index (χ1) is 11.9. The summed E-state index contributed by atoms with van der Waals surface area (Å²) in [5.74, 6) is 0.877. The lowest BCUT2D eigenvalue weighted by Crippen LogP contribution is -2.38. The van der Waals surface area contributed by atoms with Crippen molar-refractivity contribution in [2.24, 2.45) is 4.99 Å². The van der Waals surface area contributed by atoms with E-state index in [1.807, 2.05) is 0 Å². The molecule has 0 spiro atoms. The smallest absolute Gasteiger partial charge is 0.191 e. The third kappa shape index (κ3) is 14.7. The molecule has 1 heterocycles. The predicted molar refractivity (Wildman–Crippen MR) is 111 cm³/mol. The molecular formula is C17H36IN3O4. The van der Waals surface area contributed by atoms with E-state index in [0.717, 1.165) is 77.7 Å².